The molecule has 0 spiro atoms. The number of nitrogens with zero attached hydrogens (tertiary/aromatic N) is 1. The smallest absolute Gasteiger partial charge is 0.191 e. The van der Waals surface area contributed by atoms with E-state index in [1.54, 1.807) is 7.11 Å². The fourth-order valence-electron chi connectivity index (χ4n) is 4.22. The molecule has 5 heteroatoms. The average Bonchev–Trinajstić information content (AvgIpc) is 3.36. The van der Waals surface area contributed by atoms with Gasteiger partial charge in [0, 0.05) is 45.4 Å². The van der Waals surface area contributed by atoms with E-state index < -0.39 is 0 Å². The van der Waals surface area contributed by atoms with Gasteiger partial charge < -0.3 is 20.1 Å². The van der Waals surface area contributed by atoms with E-state index in [-0.39, 0.29) is 5.41 Å². The number of nitrogens with one attached hydrogen (secondary N) is 2. The summed E-state index contributed by atoms with van der Waals surface area (Å²) in [5.74, 6) is 0.935. The lowest BCUT2D eigenvalue weighted by atomic mass is 9.58. The first-order chi connectivity index (χ1) is 11.6. The molecule has 0 aromatic rings. The maximum Gasteiger partial charge on any atom is 0.191 e. The van der Waals surface area contributed by atoms with Crippen molar-refractivity contribution in [2.75, 3.05) is 33.9 Å². The van der Waals surface area contributed by atoms with E-state index in [1.165, 1.54) is 12.8 Å². The van der Waals surface area contributed by atoms with Crippen molar-refractivity contribution in [1.29, 1.82) is 0 Å². The summed E-state index contributed by atoms with van der Waals surface area (Å²) in [6, 6.07) is 0.448. The van der Waals surface area contributed by atoms with E-state index in [1.807, 2.05) is 7.05 Å². The predicted octanol–water partition coefficient (Wildman–Crippen LogP) is 2.95. The molecule has 2 fully saturated rings. The molecule has 2 unspecified atom stereocenters. The molecule has 140 valence electrons. The van der Waals surface area contributed by atoms with Crippen molar-refractivity contribution in [2.45, 2.75) is 71.4 Å². The third-order valence-electron chi connectivity index (χ3n) is 6.43. The van der Waals surface area contributed by atoms with Crippen molar-refractivity contribution < 1.29 is 9.47 Å². The Hall–Kier alpha value is -0.810. The number of methoxy groups -OCH3 is 1. The summed E-state index contributed by atoms with van der Waals surface area (Å²) in [5.41, 5.74) is 0.661. The number of hydrogen-bond acceptors (Lipinski definition) is 3. The number of hydrogen-bond donors (Lipinski definition) is 2. The molecule has 0 bridgehead atoms. The Morgan fingerprint density at radius 1 is 1.21 bits per heavy atom. The normalized spacial score (nSPS) is 27.5. The summed E-state index contributed by atoms with van der Waals surface area (Å²) in [6.07, 6.45) is 7.46. The zero-order valence-electron chi connectivity index (χ0n) is 16.3. The summed E-state index contributed by atoms with van der Waals surface area (Å²) >= 11 is 0. The second kappa shape index (κ2) is 8.52. The van der Waals surface area contributed by atoms with Gasteiger partial charge in [-0.2, -0.15) is 0 Å². The van der Waals surface area contributed by atoms with Gasteiger partial charge >= 0.3 is 0 Å². The molecular weight excluding hydrogens is 302 g/mol. The average molecular weight is 340 g/mol. The highest BCUT2D eigenvalue weighted by Crippen LogP contribution is 2.49. The van der Waals surface area contributed by atoms with Gasteiger partial charge in [-0.1, -0.05) is 13.8 Å². The van der Waals surface area contributed by atoms with Crippen molar-refractivity contribution in [3.63, 3.8) is 0 Å². The zero-order valence-corrected chi connectivity index (χ0v) is 16.3. The van der Waals surface area contributed by atoms with Crippen molar-refractivity contribution >= 4 is 5.96 Å². The molecule has 2 aliphatic carbocycles. The minimum Gasteiger partial charge on any atom is -0.385 e. The number of ether oxygens (including phenoxy) is 2. The third-order valence-corrected chi connectivity index (χ3v) is 6.43. The Labute approximate surface area is 148 Å². The maximum atomic E-state index is 5.98. The van der Waals surface area contributed by atoms with Crippen LogP contribution in [0.5, 0.6) is 0 Å². The molecule has 5 nitrogen and oxygen atoms in total. The molecule has 2 N–H and O–H groups in total. The standard InChI is InChI=1S/C19H37N3O2/c1-6-19(7-2)15(13-16(19)24-8-3)22-17(20-4)21-14-18(9-10-18)11-12-23-5/h15-16H,6-14H2,1-5H3,(H2,20,21,22). The van der Waals surface area contributed by atoms with E-state index in [4.69, 9.17) is 9.47 Å². The lowest BCUT2D eigenvalue weighted by molar-refractivity contribution is -0.133. The fourth-order valence-corrected chi connectivity index (χ4v) is 4.22. The van der Waals surface area contributed by atoms with E-state index in [0.717, 1.165) is 51.4 Å². The van der Waals surface area contributed by atoms with Crippen molar-refractivity contribution in [3.8, 4) is 0 Å². The van der Waals surface area contributed by atoms with Gasteiger partial charge in [-0.05, 0) is 50.9 Å². The highest BCUT2D eigenvalue weighted by Gasteiger charge is 2.53. The van der Waals surface area contributed by atoms with E-state index in [2.05, 4.69) is 36.4 Å². The van der Waals surface area contributed by atoms with Crippen LogP contribution in [0.15, 0.2) is 4.99 Å². The first-order valence-corrected chi connectivity index (χ1v) is 9.67. The van der Waals surface area contributed by atoms with Gasteiger partial charge in [0.05, 0.1) is 6.10 Å². The van der Waals surface area contributed by atoms with Crippen LogP contribution < -0.4 is 10.6 Å². The fraction of sp³-hybridized carbons (Fsp3) is 0.947. The Bertz CT molecular complexity index is 417. The first kappa shape index (κ1) is 19.5. The first-order valence-electron chi connectivity index (χ1n) is 9.67. The highest BCUT2D eigenvalue weighted by molar-refractivity contribution is 5.80. The molecule has 0 aromatic carbocycles. The Kier molecular flexibility index (Phi) is 6.93. The lowest BCUT2D eigenvalue weighted by Gasteiger charge is -2.55. The molecule has 0 radical (unpaired) electrons. The van der Waals surface area contributed by atoms with E-state index >= 15 is 0 Å². The van der Waals surface area contributed by atoms with Crippen LogP contribution in [0.4, 0.5) is 0 Å². The van der Waals surface area contributed by atoms with Gasteiger partial charge in [0.25, 0.3) is 0 Å². The van der Waals surface area contributed by atoms with Gasteiger partial charge in [0.2, 0.25) is 0 Å². The summed E-state index contributed by atoms with van der Waals surface area (Å²) in [7, 11) is 3.65. The third kappa shape index (κ3) is 4.05. The molecule has 2 aliphatic rings. The van der Waals surface area contributed by atoms with Crippen LogP contribution >= 0.6 is 0 Å². The van der Waals surface area contributed by atoms with Crippen molar-refractivity contribution in [2.24, 2.45) is 15.8 Å². The molecule has 2 atom stereocenters. The maximum absolute atomic E-state index is 5.98. The Balaban J connectivity index is 1.86. The van der Waals surface area contributed by atoms with Crippen molar-refractivity contribution in [1.82, 2.24) is 10.6 Å². The molecule has 2 rings (SSSR count). The monoisotopic (exact) mass is 339 g/mol. The highest BCUT2D eigenvalue weighted by atomic mass is 16.5. The number of aliphatic imine (C=N–C) groups is 1. The molecule has 0 heterocycles. The molecule has 24 heavy (non-hydrogen) atoms. The summed E-state index contributed by atoms with van der Waals surface area (Å²) in [4.78, 5) is 4.45. The van der Waals surface area contributed by atoms with Crippen LogP contribution in [0.25, 0.3) is 0 Å². The largest absolute Gasteiger partial charge is 0.385 e. The van der Waals surface area contributed by atoms with Crippen molar-refractivity contribution in [3.05, 3.63) is 0 Å². The minimum absolute atomic E-state index is 0.237. The quantitative estimate of drug-likeness (QED) is 0.475. The molecule has 0 aromatic heterocycles. The SMILES string of the molecule is CCOC1CC(NC(=NC)NCC2(CCOC)CC2)C1(CC)CC. The number of guanidine groups is 1. The Morgan fingerprint density at radius 3 is 2.42 bits per heavy atom. The topological polar surface area (TPSA) is 54.9 Å². The molecule has 2 saturated carbocycles. The summed E-state index contributed by atoms with van der Waals surface area (Å²) < 4.78 is 11.2. The van der Waals surface area contributed by atoms with E-state index in [9.17, 15) is 0 Å². The van der Waals surface area contributed by atoms with Gasteiger partial charge in [0.1, 0.15) is 0 Å². The number of rotatable bonds is 10. The lowest BCUT2D eigenvalue weighted by Crippen LogP contribution is -2.65. The van der Waals surface area contributed by atoms with Crippen LogP contribution in [0, 0.1) is 10.8 Å². The molecule has 0 amide bonds. The predicted molar refractivity (Wildman–Crippen MR) is 99.5 cm³/mol. The molecule has 0 aliphatic heterocycles. The second-order valence-corrected chi connectivity index (χ2v) is 7.49. The summed E-state index contributed by atoms with van der Waals surface area (Å²) in [6.45, 7) is 9.29. The Morgan fingerprint density at radius 2 is 1.92 bits per heavy atom. The molecule has 0 saturated heterocycles. The van der Waals surface area contributed by atoms with Gasteiger partial charge in [-0.25, -0.2) is 0 Å². The summed E-state index contributed by atoms with van der Waals surface area (Å²) in [5, 5.41) is 7.22. The van der Waals surface area contributed by atoms with Crippen LogP contribution in [-0.4, -0.2) is 52.0 Å². The van der Waals surface area contributed by atoms with Gasteiger partial charge in [0.15, 0.2) is 5.96 Å². The minimum atomic E-state index is 0.237. The second-order valence-electron chi connectivity index (χ2n) is 7.49. The van der Waals surface area contributed by atoms with Crippen LogP contribution in [0.1, 0.15) is 59.3 Å². The van der Waals surface area contributed by atoms with Gasteiger partial charge in [-0.3, -0.25) is 4.99 Å². The van der Waals surface area contributed by atoms with Crippen LogP contribution in [-0.2, 0) is 9.47 Å². The zero-order chi connectivity index (χ0) is 17.6. The van der Waals surface area contributed by atoms with Crippen LogP contribution in [0.2, 0.25) is 0 Å². The van der Waals surface area contributed by atoms with Gasteiger partial charge in [-0.15, -0.1) is 0 Å². The van der Waals surface area contributed by atoms with Crippen LogP contribution in [0.3, 0.4) is 0 Å². The van der Waals surface area contributed by atoms with E-state index in [0.29, 0.717) is 17.6 Å². The molecular formula is C19H37N3O2.